The van der Waals surface area contributed by atoms with Crippen molar-refractivity contribution in [3.63, 3.8) is 0 Å². The van der Waals surface area contributed by atoms with Crippen LogP contribution in [0.1, 0.15) is 19.8 Å². The monoisotopic (exact) mass is 247 g/mol. The number of carboxylic acids is 1. The first-order valence-electron chi connectivity index (χ1n) is 5.18. The summed E-state index contributed by atoms with van der Waals surface area (Å²) in [6.07, 6.45) is -0.0811. The number of methoxy groups -OCH3 is 1. The lowest BCUT2D eigenvalue weighted by molar-refractivity contribution is -0.144. The van der Waals surface area contributed by atoms with Gasteiger partial charge in [0.2, 0.25) is 5.91 Å². The molecule has 0 saturated heterocycles. The van der Waals surface area contributed by atoms with E-state index in [1.54, 1.807) is 6.92 Å². The fourth-order valence-electron chi connectivity index (χ4n) is 1.05. The highest BCUT2D eigenvalue weighted by Crippen LogP contribution is 1.99. The number of carboxylic acid groups (broad SMARTS) is 1. The Morgan fingerprint density at radius 3 is 2.47 bits per heavy atom. The third kappa shape index (κ3) is 7.29. The fourth-order valence-corrected chi connectivity index (χ4v) is 1.05. The van der Waals surface area contributed by atoms with Crippen LogP contribution in [0.5, 0.6) is 0 Å². The summed E-state index contributed by atoms with van der Waals surface area (Å²) in [4.78, 5) is 32.9. The Balaban J connectivity index is 4.10. The van der Waals surface area contributed by atoms with Gasteiger partial charge in [0, 0.05) is 13.0 Å². The molecule has 1 unspecified atom stereocenters. The Labute approximate surface area is 99.1 Å². The summed E-state index contributed by atoms with van der Waals surface area (Å²) >= 11 is 0. The molecule has 0 aromatic heterocycles. The van der Waals surface area contributed by atoms with Crippen molar-refractivity contribution < 1.29 is 29.0 Å². The molecule has 17 heavy (non-hydrogen) atoms. The normalized spacial score (nSPS) is 11.6. The van der Waals surface area contributed by atoms with Gasteiger partial charge < -0.3 is 19.9 Å². The lowest BCUT2D eigenvalue weighted by Crippen LogP contribution is -2.42. The molecule has 0 fully saturated rings. The standard InChI is InChI=1S/C10H17NO6/c1-3-17-6-8(12)11-7(10(14)15)4-5-9(13)16-2/h7H,3-6H2,1-2H3,(H,11,12)(H,14,15). The Morgan fingerprint density at radius 2 is 2.00 bits per heavy atom. The van der Waals surface area contributed by atoms with Gasteiger partial charge in [0.25, 0.3) is 0 Å². The summed E-state index contributed by atoms with van der Waals surface area (Å²) in [7, 11) is 1.21. The molecule has 0 spiro atoms. The molecular weight excluding hydrogens is 230 g/mol. The number of nitrogens with one attached hydrogen (secondary N) is 1. The molecule has 0 rings (SSSR count). The van der Waals surface area contributed by atoms with Crippen LogP contribution >= 0.6 is 0 Å². The molecule has 0 aromatic carbocycles. The maximum Gasteiger partial charge on any atom is 0.326 e. The highest BCUT2D eigenvalue weighted by atomic mass is 16.5. The van der Waals surface area contributed by atoms with Gasteiger partial charge in [-0.3, -0.25) is 9.59 Å². The summed E-state index contributed by atoms with van der Waals surface area (Å²) < 4.78 is 9.21. The molecule has 0 aliphatic rings. The SMILES string of the molecule is CCOCC(=O)NC(CCC(=O)OC)C(=O)O. The number of hydrogen-bond donors (Lipinski definition) is 2. The Bertz CT molecular complexity index is 278. The van der Waals surface area contributed by atoms with Crippen molar-refractivity contribution in [1.82, 2.24) is 5.32 Å². The second-order valence-electron chi connectivity index (χ2n) is 3.21. The molecule has 2 N–H and O–H groups in total. The lowest BCUT2D eigenvalue weighted by Gasteiger charge is -2.13. The van der Waals surface area contributed by atoms with E-state index in [1.165, 1.54) is 7.11 Å². The Hall–Kier alpha value is -1.63. The molecule has 0 aromatic rings. The summed E-state index contributed by atoms with van der Waals surface area (Å²) in [6.45, 7) is 1.89. The maximum absolute atomic E-state index is 11.2. The third-order valence-corrected chi connectivity index (χ3v) is 1.94. The average molecular weight is 247 g/mol. The van der Waals surface area contributed by atoms with Crippen LogP contribution < -0.4 is 5.32 Å². The summed E-state index contributed by atoms with van der Waals surface area (Å²) in [5.74, 6) is -2.24. The molecule has 0 aliphatic carbocycles. The molecular formula is C10H17NO6. The topological polar surface area (TPSA) is 102 Å². The summed E-state index contributed by atoms with van der Waals surface area (Å²) in [6, 6.07) is -1.11. The molecule has 7 nitrogen and oxygen atoms in total. The second kappa shape index (κ2) is 8.51. The smallest absolute Gasteiger partial charge is 0.326 e. The zero-order chi connectivity index (χ0) is 13.3. The second-order valence-corrected chi connectivity index (χ2v) is 3.21. The number of esters is 1. The van der Waals surface area contributed by atoms with E-state index in [4.69, 9.17) is 9.84 Å². The highest BCUT2D eigenvalue weighted by molar-refractivity contribution is 5.84. The molecule has 0 radical (unpaired) electrons. The van der Waals surface area contributed by atoms with Crippen LogP contribution in [0.25, 0.3) is 0 Å². The van der Waals surface area contributed by atoms with Gasteiger partial charge in [-0.15, -0.1) is 0 Å². The molecule has 1 amide bonds. The quantitative estimate of drug-likeness (QED) is 0.563. The van der Waals surface area contributed by atoms with Crippen molar-refractivity contribution >= 4 is 17.8 Å². The van der Waals surface area contributed by atoms with E-state index in [0.717, 1.165) is 0 Å². The predicted octanol–water partition coefficient (Wildman–Crippen LogP) is -0.454. The van der Waals surface area contributed by atoms with Gasteiger partial charge in [-0.2, -0.15) is 0 Å². The van der Waals surface area contributed by atoms with E-state index >= 15 is 0 Å². The van der Waals surface area contributed by atoms with Crippen LogP contribution in [0.4, 0.5) is 0 Å². The van der Waals surface area contributed by atoms with Crippen molar-refractivity contribution in [2.75, 3.05) is 20.3 Å². The van der Waals surface area contributed by atoms with E-state index in [0.29, 0.717) is 6.61 Å². The van der Waals surface area contributed by atoms with Crippen LogP contribution in [0.15, 0.2) is 0 Å². The number of aliphatic carboxylic acids is 1. The molecule has 0 aliphatic heterocycles. The van der Waals surface area contributed by atoms with Crippen molar-refractivity contribution in [2.45, 2.75) is 25.8 Å². The maximum atomic E-state index is 11.2. The number of ether oxygens (including phenoxy) is 2. The van der Waals surface area contributed by atoms with Gasteiger partial charge in [-0.25, -0.2) is 4.79 Å². The van der Waals surface area contributed by atoms with Crippen LogP contribution in [-0.2, 0) is 23.9 Å². The predicted molar refractivity (Wildman–Crippen MR) is 57.3 cm³/mol. The van der Waals surface area contributed by atoms with Crippen LogP contribution in [0, 0.1) is 0 Å². The van der Waals surface area contributed by atoms with Crippen LogP contribution in [-0.4, -0.2) is 49.3 Å². The number of carbonyl (C=O) groups excluding carboxylic acids is 2. The number of hydrogen-bond acceptors (Lipinski definition) is 5. The molecule has 0 saturated carbocycles. The molecule has 7 heteroatoms. The van der Waals surface area contributed by atoms with Crippen molar-refractivity contribution in [1.29, 1.82) is 0 Å². The first kappa shape index (κ1) is 15.4. The van der Waals surface area contributed by atoms with E-state index in [-0.39, 0.29) is 19.4 Å². The molecule has 98 valence electrons. The number of rotatable bonds is 8. The average Bonchev–Trinajstić information content (AvgIpc) is 2.30. The van der Waals surface area contributed by atoms with Gasteiger partial charge in [0.15, 0.2) is 0 Å². The molecule has 1 atom stereocenters. The number of carbonyl (C=O) groups is 3. The Kier molecular flexibility index (Phi) is 7.70. The van der Waals surface area contributed by atoms with E-state index in [2.05, 4.69) is 10.1 Å². The van der Waals surface area contributed by atoms with E-state index in [9.17, 15) is 14.4 Å². The molecule has 0 heterocycles. The third-order valence-electron chi connectivity index (χ3n) is 1.94. The minimum Gasteiger partial charge on any atom is -0.480 e. The zero-order valence-electron chi connectivity index (χ0n) is 9.89. The van der Waals surface area contributed by atoms with Gasteiger partial charge >= 0.3 is 11.9 Å². The van der Waals surface area contributed by atoms with Crippen LogP contribution in [0.3, 0.4) is 0 Å². The van der Waals surface area contributed by atoms with Crippen molar-refractivity contribution in [3.8, 4) is 0 Å². The van der Waals surface area contributed by atoms with Crippen molar-refractivity contribution in [2.24, 2.45) is 0 Å². The van der Waals surface area contributed by atoms with Gasteiger partial charge in [0.1, 0.15) is 12.6 Å². The summed E-state index contributed by atoms with van der Waals surface area (Å²) in [5, 5.41) is 11.1. The highest BCUT2D eigenvalue weighted by Gasteiger charge is 2.20. The Morgan fingerprint density at radius 1 is 1.35 bits per heavy atom. The van der Waals surface area contributed by atoms with Gasteiger partial charge in [-0.05, 0) is 13.3 Å². The number of amides is 1. The lowest BCUT2D eigenvalue weighted by atomic mass is 10.1. The first-order valence-corrected chi connectivity index (χ1v) is 5.18. The minimum absolute atomic E-state index is 0.0140. The van der Waals surface area contributed by atoms with E-state index < -0.39 is 23.9 Å². The van der Waals surface area contributed by atoms with Crippen LogP contribution in [0.2, 0.25) is 0 Å². The molecule has 0 bridgehead atoms. The largest absolute Gasteiger partial charge is 0.480 e. The van der Waals surface area contributed by atoms with E-state index in [1.807, 2.05) is 0 Å². The minimum atomic E-state index is -1.20. The van der Waals surface area contributed by atoms with Gasteiger partial charge in [0.05, 0.1) is 7.11 Å². The first-order chi connectivity index (χ1) is 8.01. The zero-order valence-corrected chi connectivity index (χ0v) is 9.89. The summed E-state index contributed by atoms with van der Waals surface area (Å²) in [5.41, 5.74) is 0. The van der Waals surface area contributed by atoms with Gasteiger partial charge in [-0.1, -0.05) is 0 Å². The van der Waals surface area contributed by atoms with Crippen molar-refractivity contribution in [3.05, 3.63) is 0 Å². The fraction of sp³-hybridized carbons (Fsp3) is 0.700.